The summed E-state index contributed by atoms with van der Waals surface area (Å²) in [5.74, 6) is -0.0168. The summed E-state index contributed by atoms with van der Waals surface area (Å²) in [5.41, 5.74) is 0.880. The third kappa shape index (κ3) is 3.02. The number of ether oxygens (including phenoxy) is 1. The highest BCUT2D eigenvalue weighted by Gasteiger charge is 2.43. The number of pyridine rings is 1. The fourth-order valence-electron chi connectivity index (χ4n) is 4.14. The zero-order chi connectivity index (χ0) is 17.4. The fraction of sp³-hybridized carbons (Fsp3) is 0.611. The van der Waals surface area contributed by atoms with Gasteiger partial charge in [-0.1, -0.05) is 6.92 Å². The maximum Gasteiger partial charge on any atom is 0.257 e. The zero-order valence-electron chi connectivity index (χ0n) is 14.5. The lowest BCUT2D eigenvalue weighted by Gasteiger charge is -2.47. The molecule has 2 aromatic rings. The van der Waals surface area contributed by atoms with Gasteiger partial charge in [-0.2, -0.15) is 0 Å². The molecular formula is C18H24N4O3. The molecule has 2 aliphatic rings. The molecule has 2 saturated heterocycles. The second kappa shape index (κ2) is 6.38. The van der Waals surface area contributed by atoms with Gasteiger partial charge in [0, 0.05) is 25.7 Å². The number of aliphatic hydroxyl groups excluding tert-OH is 1. The molecule has 25 heavy (non-hydrogen) atoms. The normalized spacial score (nSPS) is 26.2. The van der Waals surface area contributed by atoms with Gasteiger partial charge < -0.3 is 14.7 Å². The Bertz CT molecular complexity index is 767. The van der Waals surface area contributed by atoms with Crippen molar-refractivity contribution in [1.82, 2.24) is 19.5 Å². The monoisotopic (exact) mass is 344 g/mol. The average Bonchev–Trinajstić information content (AvgIpc) is 3.10. The minimum Gasteiger partial charge on any atom is -0.393 e. The van der Waals surface area contributed by atoms with Crippen LogP contribution < -0.4 is 0 Å². The first-order valence-electron chi connectivity index (χ1n) is 9.04. The van der Waals surface area contributed by atoms with Crippen LogP contribution in [0.1, 0.15) is 49.4 Å². The molecule has 1 amide bonds. The lowest BCUT2D eigenvalue weighted by molar-refractivity contribution is -0.179. The third-order valence-electron chi connectivity index (χ3n) is 5.53. The van der Waals surface area contributed by atoms with Crippen LogP contribution in [0.25, 0.3) is 5.65 Å². The summed E-state index contributed by atoms with van der Waals surface area (Å²) >= 11 is 0. The van der Waals surface area contributed by atoms with Gasteiger partial charge in [-0.05, 0) is 37.8 Å². The highest BCUT2D eigenvalue weighted by atomic mass is 16.5. The summed E-state index contributed by atoms with van der Waals surface area (Å²) < 4.78 is 8.06. The van der Waals surface area contributed by atoms with Gasteiger partial charge in [0.2, 0.25) is 0 Å². The number of likely N-dealkylation sites (tertiary alicyclic amines) is 1. The molecular weight excluding hydrogens is 320 g/mol. The molecule has 0 unspecified atom stereocenters. The smallest absolute Gasteiger partial charge is 0.257 e. The fourth-order valence-corrected chi connectivity index (χ4v) is 4.14. The highest BCUT2D eigenvalue weighted by molar-refractivity contribution is 5.99. The van der Waals surface area contributed by atoms with E-state index in [2.05, 4.69) is 17.1 Å². The van der Waals surface area contributed by atoms with Crippen molar-refractivity contribution in [3.05, 3.63) is 30.2 Å². The van der Waals surface area contributed by atoms with Crippen molar-refractivity contribution in [2.24, 2.45) is 0 Å². The lowest BCUT2D eigenvalue weighted by atomic mass is 9.81. The minimum atomic E-state index is -0.300. The summed E-state index contributed by atoms with van der Waals surface area (Å²) in [6.07, 6.45) is 7.09. The molecule has 7 nitrogen and oxygen atoms in total. The number of carbonyl (C=O) groups excluding carboxylic acids is 1. The molecule has 2 fully saturated rings. The second-order valence-corrected chi connectivity index (χ2v) is 7.20. The zero-order valence-corrected chi connectivity index (χ0v) is 14.5. The molecule has 2 aliphatic heterocycles. The maximum absolute atomic E-state index is 12.9. The average molecular weight is 344 g/mol. The van der Waals surface area contributed by atoms with Gasteiger partial charge >= 0.3 is 0 Å². The Morgan fingerprint density at radius 2 is 2.24 bits per heavy atom. The van der Waals surface area contributed by atoms with Gasteiger partial charge in [-0.15, -0.1) is 10.2 Å². The van der Waals surface area contributed by atoms with Crippen LogP contribution in [0.3, 0.4) is 0 Å². The largest absolute Gasteiger partial charge is 0.393 e. The molecule has 0 bridgehead atoms. The van der Waals surface area contributed by atoms with Gasteiger partial charge in [-0.25, -0.2) is 0 Å². The van der Waals surface area contributed by atoms with Crippen LogP contribution in [-0.2, 0) is 4.74 Å². The summed E-state index contributed by atoms with van der Waals surface area (Å²) in [7, 11) is 0. The Kier molecular flexibility index (Phi) is 4.21. The molecule has 4 heterocycles. The van der Waals surface area contributed by atoms with E-state index < -0.39 is 0 Å². The number of amides is 1. The van der Waals surface area contributed by atoms with E-state index in [4.69, 9.17) is 4.74 Å². The quantitative estimate of drug-likeness (QED) is 0.896. The van der Waals surface area contributed by atoms with Crippen LogP contribution in [0.15, 0.2) is 24.7 Å². The van der Waals surface area contributed by atoms with Crippen molar-refractivity contribution in [2.75, 3.05) is 13.1 Å². The van der Waals surface area contributed by atoms with Crippen molar-refractivity contribution in [1.29, 1.82) is 0 Å². The van der Waals surface area contributed by atoms with E-state index in [0.717, 1.165) is 25.7 Å². The van der Waals surface area contributed by atoms with E-state index in [-0.39, 0.29) is 23.7 Å². The van der Waals surface area contributed by atoms with Crippen LogP contribution >= 0.6 is 0 Å². The number of fused-ring (bicyclic) bond motifs is 1. The number of rotatable bonds is 2. The Labute approximate surface area is 146 Å². The molecule has 0 saturated carbocycles. The number of hydrogen-bond acceptors (Lipinski definition) is 5. The van der Waals surface area contributed by atoms with Crippen molar-refractivity contribution in [3.8, 4) is 0 Å². The molecule has 2 atom stereocenters. The van der Waals surface area contributed by atoms with Gasteiger partial charge in [-0.3, -0.25) is 9.20 Å². The second-order valence-electron chi connectivity index (χ2n) is 7.20. The van der Waals surface area contributed by atoms with E-state index in [9.17, 15) is 9.90 Å². The van der Waals surface area contributed by atoms with E-state index in [1.807, 2.05) is 17.2 Å². The van der Waals surface area contributed by atoms with Gasteiger partial charge in [0.25, 0.3) is 5.91 Å². The number of carbonyl (C=O) groups is 1. The van der Waals surface area contributed by atoms with Crippen molar-refractivity contribution < 1.29 is 14.6 Å². The van der Waals surface area contributed by atoms with E-state index in [1.165, 1.54) is 0 Å². The Hall–Kier alpha value is -1.99. The summed E-state index contributed by atoms with van der Waals surface area (Å²) in [6, 6.07) is 3.63. The van der Waals surface area contributed by atoms with Crippen LogP contribution in [0.2, 0.25) is 0 Å². The molecule has 0 aromatic carbocycles. The number of piperidine rings is 1. The van der Waals surface area contributed by atoms with Gasteiger partial charge in [0.1, 0.15) is 6.33 Å². The molecule has 134 valence electrons. The first-order valence-corrected chi connectivity index (χ1v) is 9.04. The molecule has 2 aromatic heterocycles. The van der Waals surface area contributed by atoms with Crippen LogP contribution in [0, 0.1) is 0 Å². The number of aliphatic hydroxyl groups is 1. The molecule has 7 heteroatoms. The molecule has 0 radical (unpaired) electrons. The minimum absolute atomic E-state index is 0.0168. The Balaban J connectivity index is 1.48. The first kappa shape index (κ1) is 16.5. The maximum atomic E-state index is 12.9. The van der Waals surface area contributed by atoms with Crippen LogP contribution in [0.4, 0.5) is 0 Å². The predicted octanol–water partition coefficient (Wildman–Crippen LogP) is 1.65. The van der Waals surface area contributed by atoms with E-state index >= 15 is 0 Å². The standard InChI is InChI=1S/C18H24N4O3/c1-2-14-10-13(23)11-18(25-14)5-8-21(9-6-18)17(24)15-4-3-7-22-12-19-20-16(15)22/h3-4,7,12-14,23H,2,5-6,8-11H2,1H3/t13-,14+/m1/s1. The number of aromatic nitrogens is 3. The number of nitrogens with zero attached hydrogens (tertiary/aromatic N) is 4. The molecule has 4 rings (SSSR count). The summed E-state index contributed by atoms with van der Waals surface area (Å²) in [5, 5.41) is 18.1. The van der Waals surface area contributed by atoms with Crippen LogP contribution in [0.5, 0.6) is 0 Å². The summed E-state index contributed by atoms with van der Waals surface area (Å²) in [6.45, 7) is 3.36. The van der Waals surface area contributed by atoms with Gasteiger partial charge in [0.05, 0.1) is 23.4 Å². The predicted molar refractivity (Wildman–Crippen MR) is 91.3 cm³/mol. The lowest BCUT2D eigenvalue weighted by Crippen LogP contribution is -2.53. The first-order chi connectivity index (χ1) is 12.1. The molecule has 0 aliphatic carbocycles. The molecule has 1 spiro atoms. The number of hydrogen-bond donors (Lipinski definition) is 1. The van der Waals surface area contributed by atoms with Crippen molar-refractivity contribution >= 4 is 11.6 Å². The Morgan fingerprint density at radius 1 is 1.44 bits per heavy atom. The third-order valence-corrected chi connectivity index (χ3v) is 5.53. The van der Waals surface area contributed by atoms with E-state index in [1.54, 1.807) is 16.8 Å². The summed E-state index contributed by atoms with van der Waals surface area (Å²) in [4.78, 5) is 14.8. The van der Waals surface area contributed by atoms with Gasteiger partial charge in [0.15, 0.2) is 5.65 Å². The van der Waals surface area contributed by atoms with Crippen molar-refractivity contribution in [2.45, 2.75) is 56.8 Å². The topological polar surface area (TPSA) is 80.0 Å². The Morgan fingerprint density at radius 3 is 3.00 bits per heavy atom. The molecule has 1 N–H and O–H groups in total. The van der Waals surface area contributed by atoms with Crippen molar-refractivity contribution in [3.63, 3.8) is 0 Å². The SMILES string of the molecule is CC[C@H]1C[C@@H](O)CC2(CCN(C(=O)c3cccn4cnnc34)CC2)O1. The highest BCUT2D eigenvalue weighted by Crippen LogP contribution is 2.38. The van der Waals surface area contributed by atoms with Crippen LogP contribution in [-0.4, -0.2) is 61.4 Å². The van der Waals surface area contributed by atoms with E-state index in [0.29, 0.717) is 30.7 Å².